The van der Waals surface area contributed by atoms with Crippen LogP contribution in [0.2, 0.25) is 0 Å². The highest BCUT2D eigenvalue weighted by molar-refractivity contribution is 7.17. The van der Waals surface area contributed by atoms with Crippen LogP contribution in [-0.2, 0) is 16.0 Å². The van der Waals surface area contributed by atoms with Gasteiger partial charge in [-0.05, 0) is 60.4 Å². The second kappa shape index (κ2) is 9.30. The van der Waals surface area contributed by atoms with Crippen LogP contribution in [0.4, 0.5) is 0 Å². The number of benzene rings is 1. The summed E-state index contributed by atoms with van der Waals surface area (Å²) >= 11 is 1.69. The number of hydrogen-bond acceptors (Lipinski definition) is 5. The summed E-state index contributed by atoms with van der Waals surface area (Å²) < 4.78 is 1.22. The van der Waals surface area contributed by atoms with Crippen molar-refractivity contribution in [1.29, 1.82) is 0 Å². The van der Waals surface area contributed by atoms with Crippen LogP contribution in [0, 0.1) is 5.92 Å². The van der Waals surface area contributed by atoms with Gasteiger partial charge < -0.3 is 10.6 Å². The average molecular weight is 390 g/mol. The van der Waals surface area contributed by atoms with E-state index in [4.69, 9.17) is 10.9 Å². The van der Waals surface area contributed by atoms with Crippen LogP contribution in [0.15, 0.2) is 29.6 Å². The van der Waals surface area contributed by atoms with E-state index in [-0.39, 0.29) is 11.8 Å². The Morgan fingerprint density at radius 2 is 2.04 bits per heavy atom. The van der Waals surface area contributed by atoms with Crippen molar-refractivity contribution in [1.82, 2.24) is 10.4 Å². The molecule has 2 amide bonds. The van der Waals surface area contributed by atoms with Gasteiger partial charge in [-0.1, -0.05) is 18.2 Å². The maximum absolute atomic E-state index is 12.7. The molecule has 6 nitrogen and oxygen atoms in total. The molecule has 1 aliphatic heterocycles. The number of rotatable bonds is 7. The molecule has 1 aromatic heterocycles. The van der Waals surface area contributed by atoms with Gasteiger partial charge >= 0.3 is 0 Å². The van der Waals surface area contributed by atoms with Crippen LogP contribution in [0.1, 0.15) is 37.7 Å². The zero-order valence-corrected chi connectivity index (χ0v) is 16.2. The van der Waals surface area contributed by atoms with Crippen LogP contribution in [0.5, 0.6) is 0 Å². The van der Waals surface area contributed by atoms with Crippen molar-refractivity contribution in [3.8, 4) is 0 Å². The van der Waals surface area contributed by atoms with Crippen LogP contribution in [-0.4, -0.2) is 41.1 Å². The number of carbonyl (C=O) groups is 2. The van der Waals surface area contributed by atoms with E-state index in [0.29, 0.717) is 18.8 Å². The third-order valence-corrected chi connectivity index (χ3v) is 6.40. The Balaban J connectivity index is 1.46. The van der Waals surface area contributed by atoms with Crippen molar-refractivity contribution in [2.24, 2.45) is 11.7 Å². The molecule has 1 fully saturated rings. The van der Waals surface area contributed by atoms with Gasteiger partial charge in [-0.25, -0.2) is 5.48 Å². The molecule has 146 valence electrons. The largest absolute Gasteiger partial charge is 0.341 e. The first-order chi connectivity index (χ1) is 13.1. The first kappa shape index (κ1) is 19.8. The summed E-state index contributed by atoms with van der Waals surface area (Å²) in [5.74, 6) is 0.218. The third-order valence-electron chi connectivity index (χ3n) is 5.39. The molecule has 0 bridgehead atoms. The summed E-state index contributed by atoms with van der Waals surface area (Å²) in [5.41, 5.74) is 9.05. The summed E-state index contributed by atoms with van der Waals surface area (Å²) in [6, 6.07) is 7.70. The van der Waals surface area contributed by atoms with Gasteiger partial charge in [0.15, 0.2) is 0 Å². The monoisotopic (exact) mass is 389 g/mol. The zero-order chi connectivity index (χ0) is 19.2. The Morgan fingerprint density at radius 3 is 2.78 bits per heavy atom. The van der Waals surface area contributed by atoms with E-state index in [1.54, 1.807) is 16.8 Å². The van der Waals surface area contributed by atoms with E-state index >= 15 is 0 Å². The van der Waals surface area contributed by atoms with Crippen LogP contribution < -0.4 is 11.2 Å². The summed E-state index contributed by atoms with van der Waals surface area (Å²) in [6.07, 6.45) is 4.51. The minimum Gasteiger partial charge on any atom is -0.341 e. The van der Waals surface area contributed by atoms with Crippen molar-refractivity contribution in [3.05, 3.63) is 35.2 Å². The maximum Gasteiger partial charge on any atom is 0.243 e. The molecule has 1 aliphatic rings. The van der Waals surface area contributed by atoms with E-state index in [9.17, 15) is 9.59 Å². The average Bonchev–Trinajstić information content (AvgIpc) is 3.10. The Bertz CT molecular complexity index is 784. The highest BCUT2D eigenvalue weighted by atomic mass is 32.1. The second-order valence-electron chi connectivity index (χ2n) is 7.26. The highest BCUT2D eigenvalue weighted by Crippen LogP contribution is 2.27. The fourth-order valence-corrected chi connectivity index (χ4v) is 4.77. The Hall–Kier alpha value is -1.96. The van der Waals surface area contributed by atoms with Gasteiger partial charge in [0.25, 0.3) is 0 Å². The lowest BCUT2D eigenvalue weighted by Gasteiger charge is -2.33. The van der Waals surface area contributed by atoms with Crippen LogP contribution in [0.25, 0.3) is 10.1 Å². The molecule has 0 radical (unpaired) electrons. The van der Waals surface area contributed by atoms with Gasteiger partial charge in [0.2, 0.25) is 11.8 Å². The van der Waals surface area contributed by atoms with Crippen molar-refractivity contribution >= 4 is 33.2 Å². The molecule has 1 saturated heterocycles. The standard InChI is InChI=1S/C20H27N3O3S/c21-17(12-15-13-27-18-6-2-1-5-16(15)18)20(25)23-10-8-14(9-11-23)4-3-7-19(24)22-26/h1-2,5-6,13-14,17,26H,3-4,7-12,21H2,(H,22,24). The van der Waals surface area contributed by atoms with Crippen molar-refractivity contribution in [3.63, 3.8) is 0 Å². The Labute approximate surface area is 163 Å². The number of nitrogens with two attached hydrogens (primary N) is 1. The van der Waals surface area contributed by atoms with E-state index in [1.165, 1.54) is 10.1 Å². The molecule has 1 aromatic carbocycles. The number of hydroxylamine groups is 1. The molecule has 2 aromatic rings. The normalized spacial score (nSPS) is 16.4. The lowest BCUT2D eigenvalue weighted by atomic mass is 9.91. The summed E-state index contributed by atoms with van der Waals surface area (Å²) in [7, 11) is 0. The van der Waals surface area contributed by atoms with E-state index in [2.05, 4.69) is 17.5 Å². The lowest BCUT2D eigenvalue weighted by Crippen LogP contribution is -2.48. The molecule has 7 heteroatoms. The molecule has 4 N–H and O–H groups in total. The minimum absolute atomic E-state index is 0.0309. The van der Waals surface area contributed by atoms with Gasteiger partial charge in [-0.2, -0.15) is 0 Å². The Morgan fingerprint density at radius 1 is 1.30 bits per heavy atom. The third kappa shape index (κ3) is 5.06. The van der Waals surface area contributed by atoms with Crippen molar-refractivity contribution in [2.75, 3.05) is 13.1 Å². The topological polar surface area (TPSA) is 95.7 Å². The second-order valence-corrected chi connectivity index (χ2v) is 8.17. The fourth-order valence-electron chi connectivity index (χ4n) is 3.80. The van der Waals surface area contributed by atoms with E-state index in [1.807, 2.05) is 17.0 Å². The van der Waals surface area contributed by atoms with Gasteiger partial charge in [-0.15, -0.1) is 11.3 Å². The minimum atomic E-state index is -0.507. The number of nitrogens with one attached hydrogen (secondary N) is 1. The molecule has 2 heterocycles. The van der Waals surface area contributed by atoms with Crippen molar-refractivity contribution in [2.45, 2.75) is 44.6 Å². The molecule has 0 saturated carbocycles. The van der Waals surface area contributed by atoms with Gasteiger partial charge in [-0.3, -0.25) is 14.8 Å². The van der Waals surface area contributed by atoms with E-state index < -0.39 is 6.04 Å². The summed E-state index contributed by atoms with van der Waals surface area (Å²) in [4.78, 5) is 25.7. The predicted molar refractivity (Wildman–Crippen MR) is 107 cm³/mol. The number of carbonyl (C=O) groups excluding carboxylic acids is 2. The molecule has 3 rings (SSSR count). The first-order valence-corrected chi connectivity index (χ1v) is 10.4. The first-order valence-electron chi connectivity index (χ1n) is 9.51. The number of piperidine rings is 1. The molecular formula is C20H27N3O3S. The smallest absolute Gasteiger partial charge is 0.243 e. The SMILES string of the molecule is NC(Cc1csc2ccccc12)C(=O)N1CCC(CCCC(=O)NO)CC1. The number of likely N-dealkylation sites (tertiary alicyclic amines) is 1. The summed E-state index contributed by atoms with van der Waals surface area (Å²) in [5, 5.41) is 11.8. The van der Waals surface area contributed by atoms with E-state index in [0.717, 1.165) is 44.3 Å². The summed E-state index contributed by atoms with van der Waals surface area (Å²) in [6.45, 7) is 1.46. The molecule has 1 atom stereocenters. The number of hydrogen-bond donors (Lipinski definition) is 3. The number of amides is 2. The fraction of sp³-hybridized carbons (Fsp3) is 0.500. The predicted octanol–water partition coefficient (Wildman–Crippen LogP) is 2.69. The van der Waals surface area contributed by atoms with Crippen LogP contribution in [0.3, 0.4) is 0 Å². The van der Waals surface area contributed by atoms with Gasteiger partial charge in [0, 0.05) is 24.2 Å². The highest BCUT2D eigenvalue weighted by Gasteiger charge is 2.26. The number of thiophene rings is 1. The lowest BCUT2D eigenvalue weighted by molar-refractivity contribution is -0.134. The molecular weight excluding hydrogens is 362 g/mol. The zero-order valence-electron chi connectivity index (χ0n) is 15.4. The van der Waals surface area contributed by atoms with Gasteiger partial charge in [0.05, 0.1) is 6.04 Å². The number of fused-ring (bicyclic) bond motifs is 1. The Kier molecular flexibility index (Phi) is 6.82. The molecule has 1 unspecified atom stereocenters. The quantitative estimate of drug-likeness (QED) is 0.501. The maximum atomic E-state index is 12.7. The molecule has 27 heavy (non-hydrogen) atoms. The van der Waals surface area contributed by atoms with Gasteiger partial charge in [0.1, 0.15) is 0 Å². The molecule has 0 spiro atoms. The molecule has 0 aliphatic carbocycles. The van der Waals surface area contributed by atoms with Crippen LogP contribution >= 0.6 is 11.3 Å². The number of nitrogens with zero attached hydrogens (tertiary/aromatic N) is 1. The van der Waals surface area contributed by atoms with Crippen molar-refractivity contribution < 1.29 is 14.8 Å².